The van der Waals surface area contributed by atoms with Gasteiger partial charge in [0.25, 0.3) is 5.56 Å². The van der Waals surface area contributed by atoms with Gasteiger partial charge in [0.2, 0.25) is 5.91 Å². The van der Waals surface area contributed by atoms with Gasteiger partial charge in [-0.25, -0.2) is 9.07 Å². The van der Waals surface area contributed by atoms with Crippen LogP contribution in [0, 0.1) is 5.82 Å². The second-order valence-corrected chi connectivity index (χ2v) is 7.70. The van der Waals surface area contributed by atoms with E-state index in [0.29, 0.717) is 18.9 Å². The second kappa shape index (κ2) is 9.64. The highest BCUT2D eigenvalue weighted by Crippen LogP contribution is 2.19. The first-order valence-corrected chi connectivity index (χ1v) is 10.7. The number of carbonyl (C=O) groups excluding carboxylic acids is 1. The molecule has 1 N–H and O–H groups in total. The summed E-state index contributed by atoms with van der Waals surface area (Å²) in [6, 6.07) is 17.2. The Kier molecular flexibility index (Phi) is 6.49. The Bertz CT molecular complexity index is 1140. The Balaban J connectivity index is 1.41. The highest BCUT2D eigenvalue weighted by atomic mass is 19.1. The SMILES string of the molecule is CCc1ccccc1NC(=O)Cn1nc(N2CCN(c3ccc(F)cc3)CC2)ccc1=O. The molecule has 0 saturated carbocycles. The largest absolute Gasteiger partial charge is 0.368 e. The fraction of sp³-hybridized carbons (Fsp3) is 0.292. The number of piperazine rings is 1. The summed E-state index contributed by atoms with van der Waals surface area (Å²) in [7, 11) is 0. The van der Waals surface area contributed by atoms with Gasteiger partial charge in [0, 0.05) is 43.6 Å². The molecular formula is C24H26FN5O2. The van der Waals surface area contributed by atoms with E-state index in [1.807, 2.05) is 31.2 Å². The van der Waals surface area contributed by atoms with Crippen LogP contribution in [0.2, 0.25) is 0 Å². The van der Waals surface area contributed by atoms with E-state index in [1.54, 1.807) is 18.2 Å². The molecule has 0 unspecified atom stereocenters. The molecule has 7 nitrogen and oxygen atoms in total. The minimum absolute atomic E-state index is 0.153. The van der Waals surface area contributed by atoms with E-state index in [-0.39, 0.29) is 23.8 Å². The van der Waals surface area contributed by atoms with Crippen LogP contribution in [0.25, 0.3) is 0 Å². The van der Waals surface area contributed by atoms with Crippen molar-refractivity contribution in [2.75, 3.05) is 41.3 Å². The minimum Gasteiger partial charge on any atom is -0.368 e. The molecule has 1 saturated heterocycles. The number of rotatable bonds is 6. The molecule has 0 aliphatic carbocycles. The molecule has 32 heavy (non-hydrogen) atoms. The number of nitrogens with zero attached hydrogens (tertiary/aromatic N) is 4. The molecule has 1 amide bonds. The van der Waals surface area contributed by atoms with Crippen LogP contribution >= 0.6 is 0 Å². The van der Waals surface area contributed by atoms with Gasteiger partial charge in [-0.2, -0.15) is 5.10 Å². The summed E-state index contributed by atoms with van der Waals surface area (Å²) in [6.07, 6.45) is 0.800. The van der Waals surface area contributed by atoms with E-state index in [2.05, 4.69) is 20.2 Å². The number of aryl methyl sites for hydroxylation is 1. The van der Waals surface area contributed by atoms with E-state index >= 15 is 0 Å². The number of anilines is 3. The predicted molar refractivity (Wildman–Crippen MR) is 124 cm³/mol. The van der Waals surface area contributed by atoms with Gasteiger partial charge in [0.05, 0.1) is 0 Å². The number of hydrogen-bond acceptors (Lipinski definition) is 5. The Hall–Kier alpha value is -3.68. The van der Waals surface area contributed by atoms with Crippen LogP contribution in [0.1, 0.15) is 12.5 Å². The lowest BCUT2D eigenvalue weighted by Gasteiger charge is -2.36. The van der Waals surface area contributed by atoms with Crippen LogP contribution in [-0.4, -0.2) is 41.9 Å². The molecule has 4 rings (SSSR count). The fourth-order valence-electron chi connectivity index (χ4n) is 3.84. The molecule has 2 heterocycles. The average Bonchev–Trinajstić information content (AvgIpc) is 2.81. The number of halogens is 1. The molecule has 0 atom stereocenters. The first-order valence-electron chi connectivity index (χ1n) is 10.7. The zero-order valence-electron chi connectivity index (χ0n) is 18.0. The average molecular weight is 436 g/mol. The first kappa shape index (κ1) is 21.5. The number of amides is 1. The first-order chi connectivity index (χ1) is 15.5. The standard InChI is InChI=1S/C24H26FN5O2/c1-2-18-5-3-4-6-21(18)26-23(31)17-30-24(32)12-11-22(27-30)29-15-13-28(14-16-29)20-9-7-19(25)8-10-20/h3-12H,2,13-17H2,1H3,(H,26,31). The number of nitrogens with one attached hydrogen (secondary N) is 1. The van der Waals surface area contributed by atoms with Crippen LogP contribution in [0.5, 0.6) is 0 Å². The maximum Gasteiger partial charge on any atom is 0.267 e. The molecule has 3 aromatic rings. The third-order valence-electron chi connectivity index (χ3n) is 5.61. The number of aromatic nitrogens is 2. The van der Waals surface area contributed by atoms with Gasteiger partial charge in [0.15, 0.2) is 0 Å². The van der Waals surface area contributed by atoms with E-state index < -0.39 is 0 Å². The highest BCUT2D eigenvalue weighted by molar-refractivity contribution is 5.91. The Labute approximate surface area is 186 Å². The number of para-hydroxylation sites is 1. The van der Waals surface area contributed by atoms with Crippen LogP contribution in [0.4, 0.5) is 21.6 Å². The Morgan fingerprint density at radius 1 is 0.969 bits per heavy atom. The minimum atomic E-state index is -0.322. The van der Waals surface area contributed by atoms with Crippen molar-refractivity contribution in [3.8, 4) is 0 Å². The van der Waals surface area contributed by atoms with Gasteiger partial charge in [-0.15, -0.1) is 0 Å². The van der Waals surface area contributed by atoms with Gasteiger partial charge in [-0.1, -0.05) is 25.1 Å². The molecule has 0 bridgehead atoms. The molecule has 0 radical (unpaired) electrons. The van der Waals surface area contributed by atoms with Gasteiger partial charge in [0.1, 0.15) is 18.2 Å². The molecule has 1 fully saturated rings. The van der Waals surface area contributed by atoms with Crippen LogP contribution in [-0.2, 0) is 17.8 Å². The van der Waals surface area contributed by atoms with Crippen molar-refractivity contribution in [3.63, 3.8) is 0 Å². The fourth-order valence-corrected chi connectivity index (χ4v) is 3.84. The van der Waals surface area contributed by atoms with Crippen molar-refractivity contribution in [2.45, 2.75) is 19.9 Å². The van der Waals surface area contributed by atoms with E-state index in [1.165, 1.54) is 22.9 Å². The Morgan fingerprint density at radius 2 is 1.66 bits per heavy atom. The molecule has 1 aromatic heterocycles. The van der Waals surface area contributed by atoms with Crippen molar-refractivity contribution >= 4 is 23.1 Å². The zero-order chi connectivity index (χ0) is 22.5. The predicted octanol–water partition coefficient (Wildman–Crippen LogP) is 2.91. The third-order valence-corrected chi connectivity index (χ3v) is 5.61. The van der Waals surface area contributed by atoms with Crippen molar-refractivity contribution in [2.24, 2.45) is 0 Å². The van der Waals surface area contributed by atoms with Crippen LogP contribution in [0.15, 0.2) is 65.5 Å². The third kappa shape index (κ3) is 4.96. The second-order valence-electron chi connectivity index (χ2n) is 7.70. The maximum atomic E-state index is 13.2. The monoisotopic (exact) mass is 435 g/mol. The molecular weight excluding hydrogens is 409 g/mol. The summed E-state index contributed by atoms with van der Waals surface area (Å²) in [5.41, 5.74) is 2.45. The summed E-state index contributed by atoms with van der Waals surface area (Å²) in [4.78, 5) is 29.1. The highest BCUT2D eigenvalue weighted by Gasteiger charge is 2.19. The summed E-state index contributed by atoms with van der Waals surface area (Å²) in [6.45, 7) is 4.79. The summed E-state index contributed by atoms with van der Waals surface area (Å²) < 4.78 is 14.4. The number of carbonyl (C=O) groups is 1. The quantitative estimate of drug-likeness (QED) is 0.645. The van der Waals surface area contributed by atoms with Crippen molar-refractivity contribution in [1.82, 2.24) is 9.78 Å². The zero-order valence-corrected chi connectivity index (χ0v) is 18.0. The Morgan fingerprint density at radius 3 is 2.38 bits per heavy atom. The molecule has 1 aliphatic heterocycles. The molecule has 166 valence electrons. The molecule has 1 aliphatic rings. The van der Waals surface area contributed by atoms with Gasteiger partial charge in [-0.3, -0.25) is 9.59 Å². The lowest BCUT2D eigenvalue weighted by atomic mass is 10.1. The van der Waals surface area contributed by atoms with Gasteiger partial charge >= 0.3 is 0 Å². The van der Waals surface area contributed by atoms with Crippen molar-refractivity contribution in [3.05, 3.63) is 82.4 Å². The lowest BCUT2D eigenvalue weighted by molar-refractivity contribution is -0.117. The van der Waals surface area contributed by atoms with Crippen molar-refractivity contribution < 1.29 is 9.18 Å². The number of benzene rings is 2. The lowest BCUT2D eigenvalue weighted by Crippen LogP contribution is -2.47. The van der Waals surface area contributed by atoms with Crippen molar-refractivity contribution in [1.29, 1.82) is 0 Å². The molecule has 0 spiro atoms. The van der Waals surface area contributed by atoms with Gasteiger partial charge in [-0.05, 0) is 48.4 Å². The van der Waals surface area contributed by atoms with E-state index in [0.717, 1.165) is 36.4 Å². The maximum absolute atomic E-state index is 13.2. The van der Waals surface area contributed by atoms with Gasteiger partial charge < -0.3 is 15.1 Å². The van der Waals surface area contributed by atoms with Crippen LogP contribution < -0.4 is 20.7 Å². The summed E-state index contributed by atoms with van der Waals surface area (Å²) in [5, 5.41) is 7.31. The topological polar surface area (TPSA) is 70.5 Å². The molecule has 2 aromatic carbocycles. The van der Waals surface area contributed by atoms with E-state index in [9.17, 15) is 14.0 Å². The van der Waals surface area contributed by atoms with Crippen LogP contribution in [0.3, 0.4) is 0 Å². The van der Waals surface area contributed by atoms with E-state index in [4.69, 9.17) is 0 Å². The smallest absolute Gasteiger partial charge is 0.267 e. The summed E-state index contributed by atoms with van der Waals surface area (Å²) in [5.74, 6) is 0.116. The number of hydrogen-bond donors (Lipinski definition) is 1. The molecule has 8 heteroatoms. The summed E-state index contributed by atoms with van der Waals surface area (Å²) >= 11 is 0. The normalized spacial score (nSPS) is 13.8.